The minimum absolute atomic E-state index is 0.0755. The Morgan fingerprint density at radius 2 is 1.40 bits per heavy atom. The number of hydrogen-bond donors (Lipinski definition) is 1. The molecule has 2 aliphatic rings. The van der Waals surface area contributed by atoms with Crippen molar-refractivity contribution in [2.75, 3.05) is 14.2 Å². The van der Waals surface area contributed by atoms with Gasteiger partial charge in [-0.15, -0.1) is 0 Å². The first-order valence-corrected chi connectivity index (χ1v) is 5.10. The van der Waals surface area contributed by atoms with E-state index in [-0.39, 0.29) is 35.9 Å². The largest absolute Gasteiger partial charge is 0.469 e. The topological polar surface area (TPSA) is 64.6 Å². The standard InChI is InChI=1S/C10H15NO4/c1-14-9(12)7-5-3-4-6(11-5)8(7)10(13)15-2/h5-8,11H,3-4H2,1-2H3/t5-,6-,7-,8+/m0/s1. The summed E-state index contributed by atoms with van der Waals surface area (Å²) in [4.78, 5) is 23.1. The molecule has 0 aromatic rings. The quantitative estimate of drug-likeness (QED) is 0.638. The zero-order chi connectivity index (χ0) is 11.0. The Labute approximate surface area is 88.1 Å². The van der Waals surface area contributed by atoms with Crippen molar-refractivity contribution >= 4 is 11.9 Å². The lowest BCUT2D eigenvalue weighted by Crippen LogP contribution is -2.39. The van der Waals surface area contributed by atoms with Crippen LogP contribution in [0.5, 0.6) is 0 Å². The summed E-state index contributed by atoms with van der Waals surface area (Å²) >= 11 is 0. The summed E-state index contributed by atoms with van der Waals surface area (Å²) < 4.78 is 9.45. The van der Waals surface area contributed by atoms with E-state index in [1.807, 2.05) is 0 Å². The predicted octanol–water partition coefficient (Wildman–Crippen LogP) is -0.301. The molecule has 2 heterocycles. The molecular formula is C10H15NO4. The fraction of sp³-hybridized carbons (Fsp3) is 0.800. The first kappa shape index (κ1) is 10.4. The number of carbonyl (C=O) groups excluding carboxylic acids is 2. The van der Waals surface area contributed by atoms with E-state index in [0.717, 1.165) is 12.8 Å². The van der Waals surface area contributed by atoms with Crippen LogP contribution in [0, 0.1) is 11.8 Å². The second-order valence-electron chi connectivity index (χ2n) is 4.05. The zero-order valence-electron chi connectivity index (χ0n) is 8.86. The number of rotatable bonds is 2. The molecule has 4 atom stereocenters. The normalized spacial score (nSPS) is 37.7. The van der Waals surface area contributed by atoms with E-state index in [1.54, 1.807) is 0 Å². The highest BCUT2D eigenvalue weighted by atomic mass is 16.5. The third-order valence-corrected chi connectivity index (χ3v) is 3.42. The minimum Gasteiger partial charge on any atom is -0.469 e. The van der Waals surface area contributed by atoms with Gasteiger partial charge in [-0.1, -0.05) is 0 Å². The summed E-state index contributed by atoms with van der Waals surface area (Å²) in [6, 6.07) is 0.151. The molecule has 2 bridgehead atoms. The van der Waals surface area contributed by atoms with Gasteiger partial charge < -0.3 is 14.8 Å². The first-order chi connectivity index (χ1) is 7.19. The molecule has 0 radical (unpaired) electrons. The van der Waals surface area contributed by atoms with E-state index in [4.69, 9.17) is 9.47 Å². The number of nitrogens with one attached hydrogen (secondary N) is 1. The second kappa shape index (κ2) is 3.81. The lowest BCUT2D eigenvalue weighted by molar-refractivity contribution is -0.157. The molecule has 0 unspecified atom stereocenters. The Bertz CT molecular complexity index is 263. The molecule has 0 aliphatic carbocycles. The highest BCUT2D eigenvalue weighted by Gasteiger charge is 2.54. The fourth-order valence-electron chi connectivity index (χ4n) is 2.76. The predicted molar refractivity (Wildman–Crippen MR) is 51.0 cm³/mol. The average molecular weight is 213 g/mol. The van der Waals surface area contributed by atoms with Crippen LogP contribution < -0.4 is 5.32 Å². The number of carbonyl (C=O) groups is 2. The zero-order valence-corrected chi connectivity index (χ0v) is 8.86. The highest BCUT2D eigenvalue weighted by molar-refractivity contribution is 5.84. The Kier molecular flexibility index (Phi) is 2.65. The molecule has 15 heavy (non-hydrogen) atoms. The van der Waals surface area contributed by atoms with E-state index in [0.29, 0.717) is 0 Å². The van der Waals surface area contributed by atoms with Gasteiger partial charge in [0.1, 0.15) is 0 Å². The third-order valence-electron chi connectivity index (χ3n) is 3.42. The van der Waals surface area contributed by atoms with Gasteiger partial charge in [-0.05, 0) is 12.8 Å². The van der Waals surface area contributed by atoms with E-state index in [9.17, 15) is 9.59 Å². The Morgan fingerprint density at radius 1 is 1.00 bits per heavy atom. The van der Waals surface area contributed by atoms with Crippen LogP contribution in [0.2, 0.25) is 0 Å². The number of fused-ring (bicyclic) bond motifs is 2. The lowest BCUT2D eigenvalue weighted by atomic mass is 9.79. The van der Waals surface area contributed by atoms with E-state index in [2.05, 4.69) is 5.32 Å². The van der Waals surface area contributed by atoms with Crippen molar-refractivity contribution < 1.29 is 19.1 Å². The molecule has 84 valence electrons. The van der Waals surface area contributed by atoms with Gasteiger partial charge in [-0.2, -0.15) is 0 Å². The van der Waals surface area contributed by atoms with Crippen LogP contribution in [0.15, 0.2) is 0 Å². The third kappa shape index (κ3) is 1.51. The van der Waals surface area contributed by atoms with Gasteiger partial charge in [0.15, 0.2) is 0 Å². The molecule has 2 saturated heterocycles. The fourth-order valence-corrected chi connectivity index (χ4v) is 2.76. The number of hydrogen-bond acceptors (Lipinski definition) is 5. The molecule has 2 aliphatic heterocycles. The van der Waals surface area contributed by atoms with E-state index < -0.39 is 0 Å². The van der Waals surface area contributed by atoms with Gasteiger partial charge in [0.2, 0.25) is 0 Å². The van der Waals surface area contributed by atoms with E-state index in [1.165, 1.54) is 14.2 Å². The smallest absolute Gasteiger partial charge is 0.311 e. The van der Waals surface area contributed by atoms with Gasteiger partial charge in [-0.3, -0.25) is 9.59 Å². The van der Waals surface area contributed by atoms with Crippen molar-refractivity contribution in [2.24, 2.45) is 11.8 Å². The monoisotopic (exact) mass is 213 g/mol. The number of ether oxygens (including phenoxy) is 2. The van der Waals surface area contributed by atoms with Crippen molar-refractivity contribution in [1.29, 1.82) is 0 Å². The number of methoxy groups -OCH3 is 2. The maximum atomic E-state index is 11.6. The van der Waals surface area contributed by atoms with Crippen LogP contribution in [0.3, 0.4) is 0 Å². The molecule has 0 spiro atoms. The summed E-state index contributed by atoms with van der Waals surface area (Å²) in [6.45, 7) is 0. The van der Waals surface area contributed by atoms with Crippen LogP contribution in [-0.4, -0.2) is 38.2 Å². The van der Waals surface area contributed by atoms with Crippen molar-refractivity contribution in [3.8, 4) is 0 Å². The molecule has 0 aromatic heterocycles. The molecule has 0 saturated carbocycles. The first-order valence-electron chi connectivity index (χ1n) is 5.10. The maximum Gasteiger partial charge on any atom is 0.311 e. The Morgan fingerprint density at radius 3 is 1.73 bits per heavy atom. The molecule has 2 fully saturated rings. The van der Waals surface area contributed by atoms with Crippen molar-refractivity contribution in [2.45, 2.75) is 24.9 Å². The van der Waals surface area contributed by atoms with Crippen LogP contribution in [0.1, 0.15) is 12.8 Å². The summed E-state index contributed by atoms with van der Waals surface area (Å²) in [7, 11) is 2.70. The van der Waals surface area contributed by atoms with Crippen LogP contribution in [0.25, 0.3) is 0 Å². The summed E-state index contributed by atoms with van der Waals surface area (Å²) in [6.07, 6.45) is 1.86. The van der Waals surface area contributed by atoms with Crippen LogP contribution in [0.4, 0.5) is 0 Å². The van der Waals surface area contributed by atoms with Crippen molar-refractivity contribution in [3.05, 3.63) is 0 Å². The lowest BCUT2D eigenvalue weighted by Gasteiger charge is -2.24. The van der Waals surface area contributed by atoms with E-state index >= 15 is 0 Å². The number of esters is 2. The van der Waals surface area contributed by atoms with Gasteiger partial charge in [0.05, 0.1) is 26.1 Å². The molecule has 0 amide bonds. The summed E-state index contributed by atoms with van der Waals surface area (Å²) in [5.41, 5.74) is 0. The van der Waals surface area contributed by atoms with Crippen molar-refractivity contribution in [1.82, 2.24) is 5.32 Å². The second-order valence-corrected chi connectivity index (χ2v) is 4.05. The van der Waals surface area contributed by atoms with Gasteiger partial charge in [0.25, 0.3) is 0 Å². The SMILES string of the molecule is COC(=O)[C@@H]1[C@H](C(=O)OC)[C@@H]2CC[C@@H]1N2. The molecule has 2 rings (SSSR count). The van der Waals surface area contributed by atoms with Gasteiger partial charge in [-0.25, -0.2) is 0 Å². The summed E-state index contributed by atoms with van der Waals surface area (Å²) in [5.74, 6) is -1.38. The van der Waals surface area contributed by atoms with Gasteiger partial charge in [0, 0.05) is 12.1 Å². The van der Waals surface area contributed by atoms with Gasteiger partial charge >= 0.3 is 11.9 Å². The molecule has 5 heteroatoms. The minimum atomic E-state index is -0.374. The molecular weight excluding hydrogens is 198 g/mol. The highest BCUT2D eigenvalue weighted by Crippen LogP contribution is 2.39. The molecule has 0 aromatic carbocycles. The Balaban J connectivity index is 2.19. The maximum absolute atomic E-state index is 11.6. The van der Waals surface area contributed by atoms with Crippen molar-refractivity contribution in [3.63, 3.8) is 0 Å². The average Bonchev–Trinajstić information content (AvgIpc) is 2.86. The van der Waals surface area contributed by atoms with Crippen LogP contribution in [-0.2, 0) is 19.1 Å². The molecule has 5 nitrogen and oxygen atoms in total. The summed E-state index contributed by atoms with van der Waals surface area (Å²) in [5, 5.41) is 3.26. The molecule has 1 N–H and O–H groups in total. The van der Waals surface area contributed by atoms with Crippen LogP contribution >= 0.6 is 0 Å². The Hall–Kier alpha value is -1.10.